The molecule has 0 unspecified atom stereocenters. The Labute approximate surface area is 91.6 Å². The Morgan fingerprint density at radius 3 is 2.27 bits per heavy atom. The van der Waals surface area contributed by atoms with Gasteiger partial charge in [-0.3, -0.25) is 0 Å². The molecule has 15 heavy (non-hydrogen) atoms. The summed E-state index contributed by atoms with van der Waals surface area (Å²) in [6.07, 6.45) is 7.02. The number of alkyl halides is 2. The van der Waals surface area contributed by atoms with Gasteiger partial charge in [0, 0.05) is 12.8 Å². The largest absolute Gasteiger partial charge is 0.303 e. The van der Waals surface area contributed by atoms with Gasteiger partial charge in [-0.2, -0.15) is 0 Å². The molecule has 0 aromatic carbocycles. The van der Waals surface area contributed by atoms with Crippen LogP contribution in [0.4, 0.5) is 8.78 Å². The van der Waals surface area contributed by atoms with Crippen molar-refractivity contribution in [2.45, 2.75) is 58.8 Å². The third-order valence-electron chi connectivity index (χ3n) is 1.71. The standard InChI is InChI=1S/C6H12F2.C6H10O/c1-2-3-4-5-6(7)8;1-2-3-4-5-6-7/h6H,2-5H2,1H3;2-3,6H,4-5H2,1H3/b;3-2+. The second kappa shape index (κ2) is 15.7. The van der Waals surface area contributed by atoms with Crippen LogP contribution in [-0.4, -0.2) is 12.7 Å². The van der Waals surface area contributed by atoms with Crippen molar-refractivity contribution in [2.75, 3.05) is 0 Å². The van der Waals surface area contributed by atoms with Gasteiger partial charge in [-0.05, 0) is 19.8 Å². The fourth-order valence-corrected chi connectivity index (χ4v) is 0.880. The van der Waals surface area contributed by atoms with Gasteiger partial charge in [0.1, 0.15) is 6.29 Å². The fraction of sp³-hybridized carbons (Fsp3) is 0.750. The normalized spacial score (nSPS) is 10.2. The number of carbonyl (C=O) groups excluding carboxylic acids is 1. The van der Waals surface area contributed by atoms with Crippen molar-refractivity contribution in [2.24, 2.45) is 0 Å². The van der Waals surface area contributed by atoms with E-state index in [-0.39, 0.29) is 6.42 Å². The molecule has 0 saturated carbocycles. The van der Waals surface area contributed by atoms with Crippen LogP contribution < -0.4 is 0 Å². The van der Waals surface area contributed by atoms with Gasteiger partial charge >= 0.3 is 0 Å². The lowest BCUT2D eigenvalue weighted by molar-refractivity contribution is -0.107. The molecule has 0 N–H and O–H groups in total. The average Bonchev–Trinajstić information content (AvgIpc) is 2.20. The monoisotopic (exact) mass is 220 g/mol. The van der Waals surface area contributed by atoms with Gasteiger partial charge in [-0.25, -0.2) is 8.78 Å². The molecule has 0 aliphatic rings. The zero-order valence-electron chi connectivity index (χ0n) is 9.72. The minimum atomic E-state index is -2.10. The number of rotatable bonds is 7. The Bertz CT molecular complexity index is 145. The molecule has 0 saturated heterocycles. The highest BCUT2D eigenvalue weighted by Gasteiger charge is 1.98. The van der Waals surface area contributed by atoms with Crippen LogP contribution in [-0.2, 0) is 4.79 Å². The summed E-state index contributed by atoms with van der Waals surface area (Å²) in [7, 11) is 0. The molecule has 0 aliphatic carbocycles. The van der Waals surface area contributed by atoms with Crippen molar-refractivity contribution in [3.63, 3.8) is 0 Å². The second-order valence-corrected chi connectivity index (χ2v) is 3.20. The predicted molar refractivity (Wildman–Crippen MR) is 60.3 cm³/mol. The molecule has 0 heterocycles. The lowest BCUT2D eigenvalue weighted by Gasteiger charge is -1.94. The summed E-state index contributed by atoms with van der Waals surface area (Å²) in [6, 6.07) is 0. The van der Waals surface area contributed by atoms with Gasteiger partial charge in [-0.15, -0.1) is 0 Å². The van der Waals surface area contributed by atoms with Crippen LogP contribution in [0.25, 0.3) is 0 Å². The van der Waals surface area contributed by atoms with Crippen molar-refractivity contribution in [3.05, 3.63) is 12.2 Å². The van der Waals surface area contributed by atoms with E-state index in [0.29, 0.717) is 12.8 Å². The van der Waals surface area contributed by atoms with Crippen LogP contribution in [0.5, 0.6) is 0 Å². The fourth-order valence-electron chi connectivity index (χ4n) is 0.880. The molecule has 0 atom stereocenters. The molecule has 0 aliphatic heterocycles. The van der Waals surface area contributed by atoms with Crippen LogP contribution in [0, 0.1) is 0 Å². The number of hydrogen-bond donors (Lipinski definition) is 0. The number of carbonyl (C=O) groups is 1. The Hall–Kier alpha value is -0.730. The van der Waals surface area contributed by atoms with Crippen LogP contribution in [0.15, 0.2) is 12.2 Å². The second-order valence-electron chi connectivity index (χ2n) is 3.20. The number of allylic oxidation sites excluding steroid dienone is 2. The Kier molecular flexibility index (Phi) is 17.5. The lowest BCUT2D eigenvalue weighted by atomic mass is 10.2. The summed E-state index contributed by atoms with van der Waals surface area (Å²) in [5, 5.41) is 0. The number of hydrogen-bond acceptors (Lipinski definition) is 1. The minimum Gasteiger partial charge on any atom is -0.303 e. The Morgan fingerprint density at radius 1 is 1.20 bits per heavy atom. The van der Waals surface area contributed by atoms with Crippen LogP contribution in [0.1, 0.15) is 52.4 Å². The van der Waals surface area contributed by atoms with Crippen molar-refractivity contribution in [3.8, 4) is 0 Å². The number of unbranched alkanes of at least 4 members (excludes halogenated alkanes) is 3. The van der Waals surface area contributed by atoms with E-state index in [0.717, 1.165) is 25.5 Å². The van der Waals surface area contributed by atoms with Gasteiger partial charge in [0.25, 0.3) is 0 Å². The first-order chi connectivity index (χ1) is 7.18. The molecular formula is C12H22F2O. The van der Waals surface area contributed by atoms with Gasteiger partial charge in [0.15, 0.2) is 0 Å². The van der Waals surface area contributed by atoms with Gasteiger partial charge in [0.2, 0.25) is 6.43 Å². The zero-order valence-corrected chi connectivity index (χ0v) is 9.72. The highest BCUT2D eigenvalue weighted by Crippen LogP contribution is 2.06. The maximum absolute atomic E-state index is 11.4. The molecule has 0 bridgehead atoms. The number of aldehydes is 1. The molecule has 0 radical (unpaired) electrons. The SMILES string of the molecule is C/C=C/CCC=O.CCCCCC(F)F. The molecule has 0 amide bonds. The first-order valence-electron chi connectivity index (χ1n) is 5.51. The van der Waals surface area contributed by atoms with Crippen LogP contribution in [0.2, 0.25) is 0 Å². The first kappa shape index (κ1) is 16.7. The molecular weight excluding hydrogens is 198 g/mol. The first-order valence-corrected chi connectivity index (χ1v) is 5.51. The molecule has 0 rings (SSSR count). The maximum Gasteiger partial charge on any atom is 0.238 e. The summed E-state index contributed by atoms with van der Waals surface area (Å²) in [4.78, 5) is 9.65. The van der Waals surface area contributed by atoms with E-state index < -0.39 is 6.43 Å². The molecule has 3 heteroatoms. The Balaban J connectivity index is 0. The highest BCUT2D eigenvalue weighted by molar-refractivity contribution is 5.49. The van der Waals surface area contributed by atoms with Crippen LogP contribution >= 0.6 is 0 Å². The average molecular weight is 220 g/mol. The molecule has 0 fully saturated rings. The van der Waals surface area contributed by atoms with E-state index in [1.807, 2.05) is 26.0 Å². The molecule has 1 nitrogen and oxygen atoms in total. The van der Waals surface area contributed by atoms with Crippen molar-refractivity contribution >= 4 is 6.29 Å². The van der Waals surface area contributed by atoms with E-state index in [1.165, 1.54) is 0 Å². The van der Waals surface area contributed by atoms with Gasteiger partial charge in [0.05, 0.1) is 0 Å². The van der Waals surface area contributed by atoms with E-state index in [1.54, 1.807) is 0 Å². The topological polar surface area (TPSA) is 17.1 Å². The van der Waals surface area contributed by atoms with E-state index >= 15 is 0 Å². The van der Waals surface area contributed by atoms with Gasteiger partial charge in [-0.1, -0.05) is 31.9 Å². The van der Waals surface area contributed by atoms with E-state index in [4.69, 9.17) is 0 Å². The van der Waals surface area contributed by atoms with Crippen LogP contribution in [0.3, 0.4) is 0 Å². The molecule has 0 aromatic heterocycles. The molecule has 0 spiro atoms. The summed E-state index contributed by atoms with van der Waals surface area (Å²) in [6.45, 7) is 3.95. The summed E-state index contributed by atoms with van der Waals surface area (Å²) < 4.78 is 22.7. The number of halogens is 2. The molecule has 0 aromatic rings. The maximum atomic E-state index is 11.4. The Morgan fingerprint density at radius 2 is 1.87 bits per heavy atom. The highest BCUT2D eigenvalue weighted by atomic mass is 19.3. The van der Waals surface area contributed by atoms with Crippen molar-refractivity contribution in [1.82, 2.24) is 0 Å². The van der Waals surface area contributed by atoms with E-state index in [2.05, 4.69) is 0 Å². The molecule has 90 valence electrons. The third kappa shape index (κ3) is 24.6. The van der Waals surface area contributed by atoms with E-state index in [9.17, 15) is 13.6 Å². The minimum absolute atomic E-state index is 0.0772. The third-order valence-corrected chi connectivity index (χ3v) is 1.71. The van der Waals surface area contributed by atoms with Gasteiger partial charge < -0.3 is 4.79 Å². The van der Waals surface area contributed by atoms with Crippen molar-refractivity contribution in [1.29, 1.82) is 0 Å². The zero-order chi connectivity index (χ0) is 11.9. The summed E-state index contributed by atoms with van der Waals surface area (Å²) in [5.74, 6) is 0. The quantitative estimate of drug-likeness (QED) is 0.353. The smallest absolute Gasteiger partial charge is 0.238 e. The lowest BCUT2D eigenvalue weighted by Crippen LogP contribution is -1.88. The predicted octanol–water partition coefficient (Wildman–Crippen LogP) is 4.37. The summed E-state index contributed by atoms with van der Waals surface area (Å²) in [5.41, 5.74) is 0. The van der Waals surface area contributed by atoms with Crippen molar-refractivity contribution < 1.29 is 13.6 Å². The summed E-state index contributed by atoms with van der Waals surface area (Å²) >= 11 is 0.